The number of pyridine rings is 1. The SMILES string of the molecule is CC(C)(C)c1cc(CON2C(=O)COc3ccc(C=C4SC(=S)NC4=O)cc32)cc(C(C)(C)C)n1. The molecule has 184 valence electrons. The number of carbonyl (C=O) groups is 2. The summed E-state index contributed by atoms with van der Waals surface area (Å²) in [6.07, 6.45) is 1.73. The van der Waals surface area contributed by atoms with E-state index in [1.54, 1.807) is 18.2 Å². The maximum absolute atomic E-state index is 12.7. The predicted molar refractivity (Wildman–Crippen MR) is 142 cm³/mol. The number of ether oxygens (including phenoxy) is 1. The Kier molecular flexibility index (Phi) is 6.78. The number of nitrogens with one attached hydrogen (secondary N) is 1. The summed E-state index contributed by atoms with van der Waals surface area (Å²) < 4.78 is 6.02. The van der Waals surface area contributed by atoms with Crippen molar-refractivity contribution in [1.82, 2.24) is 10.3 Å². The quantitative estimate of drug-likeness (QED) is 0.456. The molecule has 0 atom stereocenters. The summed E-state index contributed by atoms with van der Waals surface area (Å²) in [6, 6.07) is 9.41. The highest BCUT2D eigenvalue weighted by atomic mass is 32.2. The van der Waals surface area contributed by atoms with Crippen molar-refractivity contribution < 1.29 is 19.2 Å². The number of hydrogen-bond acceptors (Lipinski definition) is 7. The van der Waals surface area contributed by atoms with Crippen LogP contribution >= 0.6 is 24.0 Å². The second kappa shape index (κ2) is 9.37. The molecule has 1 aromatic carbocycles. The second-order valence-electron chi connectivity index (χ2n) is 10.6. The number of hydroxylamine groups is 1. The van der Waals surface area contributed by atoms with Crippen molar-refractivity contribution in [2.45, 2.75) is 59.0 Å². The zero-order valence-electron chi connectivity index (χ0n) is 20.7. The fourth-order valence-corrected chi connectivity index (χ4v) is 4.57. The highest BCUT2D eigenvalue weighted by molar-refractivity contribution is 8.26. The lowest BCUT2D eigenvalue weighted by molar-refractivity contribution is -0.129. The fraction of sp³-hybridized carbons (Fsp3) is 0.385. The molecule has 3 heterocycles. The summed E-state index contributed by atoms with van der Waals surface area (Å²) in [5, 5.41) is 3.88. The van der Waals surface area contributed by atoms with Crippen molar-refractivity contribution in [2.24, 2.45) is 0 Å². The maximum Gasteiger partial charge on any atom is 0.288 e. The first kappa shape index (κ1) is 25.3. The standard InChI is InChI=1S/C26H29N3O4S2/c1-25(2,3)20-11-16(12-21(27-20)26(4,5)6)13-33-29-17-9-15(7-8-18(17)32-14-22(29)30)10-19-23(31)28-24(34)35-19/h7-12H,13-14H2,1-6H3,(H,28,31,34). The van der Waals surface area contributed by atoms with Crippen molar-refractivity contribution in [3.8, 4) is 5.75 Å². The van der Waals surface area contributed by atoms with E-state index in [-0.39, 0.29) is 35.9 Å². The van der Waals surface area contributed by atoms with Gasteiger partial charge in [0.15, 0.2) is 6.61 Å². The number of amides is 2. The van der Waals surface area contributed by atoms with Crippen molar-refractivity contribution in [2.75, 3.05) is 11.7 Å². The Labute approximate surface area is 215 Å². The number of fused-ring (bicyclic) bond motifs is 1. The van der Waals surface area contributed by atoms with Gasteiger partial charge in [0.05, 0.1) is 4.91 Å². The number of nitrogens with zero attached hydrogens (tertiary/aromatic N) is 2. The fourth-order valence-electron chi connectivity index (χ4n) is 3.53. The average molecular weight is 512 g/mol. The maximum atomic E-state index is 12.7. The van der Waals surface area contributed by atoms with Crippen LogP contribution in [-0.2, 0) is 31.9 Å². The third-order valence-electron chi connectivity index (χ3n) is 5.50. The molecule has 0 radical (unpaired) electrons. The normalized spacial score (nSPS) is 17.5. The Morgan fingerprint density at radius 3 is 2.34 bits per heavy atom. The number of thioether (sulfide) groups is 1. The van der Waals surface area contributed by atoms with Gasteiger partial charge in [0.2, 0.25) is 0 Å². The van der Waals surface area contributed by atoms with Crippen LogP contribution in [-0.4, -0.2) is 27.7 Å². The molecule has 0 bridgehead atoms. The van der Waals surface area contributed by atoms with Crippen LogP contribution in [0.5, 0.6) is 5.75 Å². The molecule has 2 amide bonds. The van der Waals surface area contributed by atoms with Crippen LogP contribution in [0, 0.1) is 0 Å². The Balaban J connectivity index is 1.63. The highest BCUT2D eigenvalue weighted by Crippen LogP contribution is 2.36. The smallest absolute Gasteiger partial charge is 0.288 e. The van der Waals surface area contributed by atoms with Gasteiger partial charge in [-0.15, -0.1) is 0 Å². The summed E-state index contributed by atoms with van der Waals surface area (Å²) in [5.74, 6) is -0.0101. The molecule has 4 rings (SSSR count). The monoisotopic (exact) mass is 511 g/mol. The topological polar surface area (TPSA) is 80.8 Å². The molecule has 2 aliphatic heterocycles. The largest absolute Gasteiger partial charge is 0.481 e. The first-order valence-electron chi connectivity index (χ1n) is 11.3. The number of aromatic nitrogens is 1. The summed E-state index contributed by atoms with van der Waals surface area (Å²) >= 11 is 6.26. The average Bonchev–Trinajstić information content (AvgIpc) is 3.08. The number of hydrogen-bond donors (Lipinski definition) is 1. The van der Waals surface area contributed by atoms with E-state index in [1.165, 1.54) is 16.8 Å². The molecule has 2 aliphatic rings. The third kappa shape index (κ3) is 5.74. The van der Waals surface area contributed by atoms with Crippen LogP contribution in [0.3, 0.4) is 0 Å². The molecule has 2 aromatic rings. The molecule has 0 aliphatic carbocycles. The van der Waals surface area contributed by atoms with E-state index in [1.807, 2.05) is 18.2 Å². The number of anilines is 1. The highest BCUT2D eigenvalue weighted by Gasteiger charge is 2.29. The molecular weight excluding hydrogens is 482 g/mol. The van der Waals surface area contributed by atoms with Gasteiger partial charge >= 0.3 is 0 Å². The molecule has 0 unspecified atom stereocenters. The van der Waals surface area contributed by atoms with E-state index in [0.29, 0.717) is 20.7 Å². The zero-order chi connectivity index (χ0) is 25.5. The van der Waals surface area contributed by atoms with Crippen molar-refractivity contribution in [1.29, 1.82) is 0 Å². The van der Waals surface area contributed by atoms with Crippen LogP contribution in [0.25, 0.3) is 6.08 Å². The lowest BCUT2D eigenvalue weighted by Crippen LogP contribution is -2.38. The summed E-state index contributed by atoms with van der Waals surface area (Å²) in [6.45, 7) is 12.8. The molecule has 1 N–H and O–H groups in total. The Bertz CT molecular complexity index is 1210. The minimum atomic E-state index is -0.308. The lowest BCUT2D eigenvalue weighted by Gasteiger charge is -2.29. The zero-order valence-corrected chi connectivity index (χ0v) is 22.4. The molecule has 9 heteroatoms. The minimum absolute atomic E-state index is 0.114. The Morgan fingerprint density at radius 2 is 1.77 bits per heavy atom. The Morgan fingerprint density at radius 1 is 1.11 bits per heavy atom. The molecule has 0 saturated carbocycles. The Hall–Kier alpha value is -2.75. The molecule has 1 saturated heterocycles. The molecule has 7 nitrogen and oxygen atoms in total. The van der Waals surface area contributed by atoms with Gasteiger partial charge in [0.25, 0.3) is 11.8 Å². The van der Waals surface area contributed by atoms with E-state index in [0.717, 1.165) is 22.5 Å². The van der Waals surface area contributed by atoms with Gasteiger partial charge in [-0.1, -0.05) is 71.6 Å². The van der Waals surface area contributed by atoms with Gasteiger partial charge in [-0.25, -0.2) is 0 Å². The van der Waals surface area contributed by atoms with Gasteiger partial charge in [-0.05, 0) is 41.5 Å². The molecule has 1 aromatic heterocycles. The minimum Gasteiger partial charge on any atom is -0.481 e. The van der Waals surface area contributed by atoms with Crippen molar-refractivity contribution in [3.63, 3.8) is 0 Å². The molecule has 35 heavy (non-hydrogen) atoms. The molecule has 1 fully saturated rings. The van der Waals surface area contributed by atoms with E-state index in [4.69, 9.17) is 26.8 Å². The van der Waals surface area contributed by atoms with E-state index >= 15 is 0 Å². The van der Waals surface area contributed by atoms with Crippen LogP contribution in [0.15, 0.2) is 35.2 Å². The van der Waals surface area contributed by atoms with Gasteiger partial charge < -0.3 is 10.1 Å². The number of thiocarbonyl (C=S) groups is 1. The molecular formula is C26H29N3O4S2. The van der Waals surface area contributed by atoms with Gasteiger partial charge in [0.1, 0.15) is 22.4 Å². The van der Waals surface area contributed by atoms with E-state index < -0.39 is 0 Å². The van der Waals surface area contributed by atoms with Crippen LogP contribution in [0.4, 0.5) is 5.69 Å². The molecule has 0 spiro atoms. The third-order valence-corrected chi connectivity index (χ3v) is 6.66. The van der Waals surface area contributed by atoms with Crippen LogP contribution in [0.1, 0.15) is 64.1 Å². The lowest BCUT2D eigenvalue weighted by atomic mass is 9.86. The van der Waals surface area contributed by atoms with Crippen molar-refractivity contribution >= 4 is 51.9 Å². The predicted octanol–water partition coefficient (Wildman–Crippen LogP) is 5.02. The number of rotatable bonds is 4. The second-order valence-corrected chi connectivity index (χ2v) is 12.3. The van der Waals surface area contributed by atoms with Gasteiger partial charge in [-0.3, -0.25) is 19.4 Å². The van der Waals surface area contributed by atoms with Crippen molar-refractivity contribution in [3.05, 3.63) is 57.8 Å². The van der Waals surface area contributed by atoms with Gasteiger partial charge in [-0.2, -0.15) is 5.06 Å². The van der Waals surface area contributed by atoms with Crippen LogP contribution < -0.4 is 15.1 Å². The van der Waals surface area contributed by atoms with E-state index in [2.05, 4.69) is 46.9 Å². The summed E-state index contributed by atoms with van der Waals surface area (Å²) in [7, 11) is 0. The number of carbonyl (C=O) groups excluding carboxylic acids is 2. The first-order valence-corrected chi connectivity index (χ1v) is 12.5. The van der Waals surface area contributed by atoms with E-state index in [9.17, 15) is 9.59 Å². The summed E-state index contributed by atoms with van der Waals surface area (Å²) in [4.78, 5) is 36.2. The summed E-state index contributed by atoms with van der Waals surface area (Å²) in [5.41, 5.74) is 3.82. The number of benzene rings is 1. The van der Waals surface area contributed by atoms with Crippen LogP contribution in [0.2, 0.25) is 0 Å². The first-order chi connectivity index (χ1) is 16.3. The van der Waals surface area contributed by atoms with Gasteiger partial charge in [0, 0.05) is 22.2 Å².